The molecule has 0 spiro atoms. The molecule has 0 radical (unpaired) electrons. The molecule has 1 heterocycles. The topological polar surface area (TPSA) is 36.7 Å². The van der Waals surface area contributed by atoms with Crippen LogP contribution in [0.4, 0.5) is 4.39 Å². The second-order valence-electron chi connectivity index (χ2n) is 6.04. The van der Waals surface area contributed by atoms with Crippen molar-refractivity contribution in [1.82, 2.24) is 4.98 Å². The van der Waals surface area contributed by atoms with Gasteiger partial charge in [-0.2, -0.15) is 5.26 Å². The largest absolute Gasteiger partial charge is 0.256 e. The molecule has 0 bridgehead atoms. The van der Waals surface area contributed by atoms with E-state index in [1.807, 2.05) is 36.4 Å². The minimum Gasteiger partial charge on any atom is -0.256 e. The van der Waals surface area contributed by atoms with Crippen LogP contribution in [-0.4, -0.2) is 4.98 Å². The van der Waals surface area contributed by atoms with Crippen molar-refractivity contribution in [1.29, 1.82) is 5.26 Å². The Morgan fingerprint density at radius 3 is 2.36 bits per heavy atom. The Morgan fingerprint density at radius 1 is 1.00 bits per heavy atom. The number of unbranched alkanes of at least 4 members (excludes halogenated alkanes) is 1. The van der Waals surface area contributed by atoms with Gasteiger partial charge in [-0.05, 0) is 42.7 Å². The van der Waals surface area contributed by atoms with Crippen LogP contribution in [0.5, 0.6) is 0 Å². The molecule has 2 nitrogen and oxygen atoms in total. The van der Waals surface area contributed by atoms with E-state index in [-0.39, 0.29) is 5.82 Å². The quantitative estimate of drug-likeness (QED) is 0.595. The molecule has 25 heavy (non-hydrogen) atoms. The number of nitrogens with zero attached hydrogens (tertiary/aromatic N) is 2. The van der Waals surface area contributed by atoms with E-state index in [0.29, 0.717) is 11.1 Å². The zero-order chi connectivity index (χ0) is 17.6. The Hall–Kier alpha value is -2.99. The molecule has 0 saturated carbocycles. The summed E-state index contributed by atoms with van der Waals surface area (Å²) >= 11 is 0. The number of aryl methyl sites for hydroxylation is 1. The highest BCUT2D eigenvalue weighted by molar-refractivity contribution is 5.67. The van der Waals surface area contributed by atoms with Crippen molar-refractivity contribution < 1.29 is 4.39 Å². The Morgan fingerprint density at radius 2 is 1.76 bits per heavy atom. The second kappa shape index (κ2) is 7.72. The number of benzene rings is 2. The Balaban J connectivity index is 1.83. The van der Waals surface area contributed by atoms with Crippen LogP contribution < -0.4 is 0 Å². The van der Waals surface area contributed by atoms with Crippen molar-refractivity contribution in [2.45, 2.75) is 26.2 Å². The molecule has 2 aromatic carbocycles. The first-order valence-corrected chi connectivity index (χ1v) is 8.46. The first-order valence-electron chi connectivity index (χ1n) is 8.46. The SMILES string of the molecule is CCCCc1ccc(-c2ccc(-c3ccc(C#N)cc3)nc2)c(F)c1. The predicted molar refractivity (Wildman–Crippen MR) is 98.4 cm³/mol. The van der Waals surface area contributed by atoms with Crippen molar-refractivity contribution in [3.63, 3.8) is 0 Å². The first kappa shape index (κ1) is 16.9. The molecule has 0 aliphatic rings. The van der Waals surface area contributed by atoms with Gasteiger partial charge in [0.1, 0.15) is 5.82 Å². The van der Waals surface area contributed by atoms with Crippen molar-refractivity contribution in [2.75, 3.05) is 0 Å². The van der Waals surface area contributed by atoms with E-state index in [4.69, 9.17) is 5.26 Å². The van der Waals surface area contributed by atoms with Gasteiger partial charge in [0.2, 0.25) is 0 Å². The van der Waals surface area contributed by atoms with Crippen LogP contribution in [0.1, 0.15) is 30.9 Å². The highest BCUT2D eigenvalue weighted by atomic mass is 19.1. The number of pyridine rings is 1. The third-order valence-electron chi connectivity index (χ3n) is 4.24. The van der Waals surface area contributed by atoms with Gasteiger partial charge in [-0.1, -0.05) is 43.7 Å². The van der Waals surface area contributed by atoms with E-state index >= 15 is 0 Å². The molecule has 3 aromatic rings. The lowest BCUT2D eigenvalue weighted by Crippen LogP contribution is -1.91. The van der Waals surface area contributed by atoms with Crippen molar-refractivity contribution in [3.05, 3.63) is 77.7 Å². The molecule has 1 aromatic heterocycles. The minimum absolute atomic E-state index is 0.207. The summed E-state index contributed by atoms with van der Waals surface area (Å²) in [7, 11) is 0. The number of rotatable bonds is 5. The molecule has 0 N–H and O–H groups in total. The van der Waals surface area contributed by atoms with Gasteiger partial charge in [0, 0.05) is 22.9 Å². The molecule has 3 heteroatoms. The van der Waals surface area contributed by atoms with Crippen LogP contribution in [0.15, 0.2) is 60.8 Å². The fourth-order valence-electron chi connectivity index (χ4n) is 2.77. The third kappa shape index (κ3) is 3.92. The van der Waals surface area contributed by atoms with Gasteiger partial charge < -0.3 is 0 Å². The maximum atomic E-state index is 14.4. The standard InChI is InChI=1S/C22H19FN2/c1-2-3-4-16-7-11-20(21(23)13-16)19-10-12-22(25-15-19)18-8-5-17(14-24)6-9-18/h5-13,15H,2-4H2,1H3. The lowest BCUT2D eigenvalue weighted by molar-refractivity contribution is 0.627. The number of hydrogen-bond acceptors (Lipinski definition) is 2. The smallest absolute Gasteiger partial charge is 0.131 e. The summed E-state index contributed by atoms with van der Waals surface area (Å²) in [5, 5.41) is 8.85. The molecule has 0 aliphatic carbocycles. The molecule has 0 fully saturated rings. The van der Waals surface area contributed by atoms with Crippen molar-refractivity contribution in [3.8, 4) is 28.5 Å². The molecular formula is C22H19FN2. The van der Waals surface area contributed by atoms with Crippen molar-refractivity contribution in [2.24, 2.45) is 0 Å². The van der Waals surface area contributed by atoms with Gasteiger partial charge in [-0.3, -0.25) is 4.98 Å². The average Bonchev–Trinajstić information content (AvgIpc) is 2.67. The molecule has 0 amide bonds. The predicted octanol–water partition coefficient (Wildman–Crippen LogP) is 5.77. The first-order chi connectivity index (χ1) is 12.2. The van der Waals surface area contributed by atoms with E-state index in [2.05, 4.69) is 18.0 Å². The monoisotopic (exact) mass is 330 g/mol. The summed E-state index contributed by atoms with van der Waals surface area (Å²) in [4.78, 5) is 4.44. The van der Waals surface area contributed by atoms with Crippen molar-refractivity contribution >= 4 is 0 Å². The third-order valence-corrected chi connectivity index (χ3v) is 4.24. The second-order valence-corrected chi connectivity index (χ2v) is 6.04. The van der Waals surface area contributed by atoms with E-state index < -0.39 is 0 Å². The number of halogens is 1. The number of nitriles is 1. The van der Waals surface area contributed by atoms with Crippen LogP contribution in [0.25, 0.3) is 22.4 Å². The van der Waals surface area contributed by atoms with Gasteiger partial charge in [0.25, 0.3) is 0 Å². The van der Waals surface area contributed by atoms with Gasteiger partial charge >= 0.3 is 0 Å². The van der Waals surface area contributed by atoms with Crippen LogP contribution >= 0.6 is 0 Å². The lowest BCUT2D eigenvalue weighted by Gasteiger charge is -2.07. The van der Waals surface area contributed by atoms with Crippen LogP contribution in [0, 0.1) is 17.1 Å². The van der Waals surface area contributed by atoms with E-state index in [9.17, 15) is 4.39 Å². The Labute approximate surface area is 147 Å². The van der Waals surface area contributed by atoms with Gasteiger partial charge in [0.05, 0.1) is 17.3 Å². The van der Waals surface area contributed by atoms with E-state index in [0.717, 1.165) is 41.6 Å². The highest BCUT2D eigenvalue weighted by Gasteiger charge is 2.08. The molecule has 0 unspecified atom stereocenters. The molecule has 124 valence electrons. The summed E-state index contributed by atoms with van der Waals surface area (Å²) < 4.78 is 14.4. The highest BCUT2D eigenvalue weighted by Crippen LogP contribution is 2.26. The van der Waals surface area contributed by atoms with Gasteiger partial charge in [-0.25, -0.2) is 4.39 Å². The fourth-order valence-corrected chi connectivity index (χ4v) is 2.77. The maximum absolute atomic E-state index is 14.4. The van der Waals surface area contributed by atoms with Crippen LogP contribution in [0.3, 0.4) is 0 Å². The summed E-state index contributed by atoms with van der Waals surface area (Å²) in [6.07, 6.45) is 4.77. The molecule has 0 aliphatic heterocycles. The average molecular weight is 330 g/mol. The summed E-state index contributed by atoms with van der Waals surface area (Å²) in [5.41, 5.74) is 4.71. The number of aromatic nitrogens is 1. The van der Waals surface area contributed by atoms with Gasteiger partial charge in [0.15, 0.2) is 0 Å². The molecule has 0 saturated heterocycles. The Bertz CT molecular complexity index is 891. The Kier molecular flexibility index (Phi) is 5.20. The molecular weight excluding hydrogens is 311 g/mol. The summed E-state index contributed by atoms with van der Waals surface area (Å²) in [5.74, 6) is -0.207. The lowest BCUT2D eigenvalue weighted by atomic mass is 10.0. The maximum Gasteiger partial charge on any atom is 0.131 e. The van der Waals surface area contributed by atoms with Crippen LogP contribution in [-0.2, 0) is 6.42 Å². The zero-order valence-corrected chi connectivity index (χ0v) is 14.2. The normalized spacial score (nSPS) is 10.4. The van der Waals surface area contributed by atoms with Crippen LogP contribution in [0.2, 0.25) is 0 Å². The summed E-state index contributed by atoms with van der Waals surface area (Å²) in [6.45, 7) is 2.13. The zero-order valence-electron chi connectivity index (χ0n) is 14.2. The van der Waals surface area contributed by atoms with Gasteiger partial charge in [-0.15, -0.1) is 0 Å². The molecule has 3 rings (SSSR count). The summed E-state index contributed by atoms with van der Waals surface area (Å²) in [6, 6.07) is 18.6. The molecule has 0 atom stereocenters. The van der Waals surface area contributed by atoms with E-state index in [1.54, 1.807) is 24.4 Å². The number of hydrogen-bond donors (Lipinski definition) is 0. The van der Waals surface area contributed by atoms with E-state index in [1.165, 1.54) is 0 Å². The minimum atomic E-state index is -0.207. The fraction of sp³-hybridized carbons (Fsp3) is 0.182.